The topological polar surface area (TPSA) is 80.7 Å². The molecule has 110 valence electrons. The molecule has 21 heavy (non-hydrogen) atoms. The number of hydrogen-bond donors (Lipinski definition) is 2. The first-order valence-corrected chi connectivity index (χ1v) is 6.64. The van der Waals surface area contributed by atoms with Gasteiger partial charge in [0.05, 0.1) is 11.3 Å². The molecule has 1 heterocycles. The van der Waals surface area contributed by atoms with Crippen molar-refractivity contribution >= 4 is 5.84 Å². The number of hydrogen-bond acceptors (Lipinski definition) is 4. The summed E-state index contributed by atoms with van der Waals surface area (Å²) in [7, 11) is 0. The monoisotopic (exact) mass is 285 g/mol. The summed E-state index contributed by atoms with van der Waals surface area (Å²) in [5.74, 6) is 1.26. The van der Waals surface area contributed by atoms with E-state index in [0.717, 1.165) is 22.6 Å². The minimum atomic E-state index is -0.0136. The molecular weight excluding hydrogens is 266 g/mol. The van der Waals surface area contributed by atoms with Gasteiger partial charge in [-0.25, -0.2) is 0 Å². The summed E-state index contributed by atoms with van der Waals surface area (Å²) in [5, 5.41) is 12.0. The molecule has 0 aliphatic heterocycles. The Labute approximate surface area is 124 Å². The number of nitrogens with zero attached hydrogens (tertiary/aromatic N) is 2. The molecule has 2 aromatic rings. The van der Waals surface area contributed by atoms with Crippen LogP contribution in [0.1, 0.15) is 28.1 Å². The van der Waals surface area contributed by atoms with Crippen LogP contribution < -0.4 is 10.5 Å². The van der Waals surface area contributed by atoms with Crippen LogP contribution in [0.25, 0.3) is 0 Å². The van der Waals surface area contributed by atoms with E-state index in [-0.39, 0.29) is 5.84 Å². The fourth-order valence-electron chi connectivity index (χ4n) is 2.19. The summed E-state index contributed by atoms with van der Waals surface area (Å²) >= 11 is 0. The highest BCUT2D eigenvalue weighted by molar-refractivity contribution is 6.00. The number of pyridine rings is 1. The Hall–Kier alpha value is -2.56. The molecule has 5 heteroatoms. The zero-order chi connectivity index (χ0) is 15.6. The molecule has 0 aliphatic rings. The van der Waals surface area contributed by atoms with Gasteiger partial charge in [0.2, 0.25) is 0 Å². The van der Waals surface area contributed by atoms with Crippen LogP contribution in [0.2, 0.25) is 0 Å². The Bertz CT molecular complexity index is 709. The van der Waals surface area contributed by atoms with Gasteiger partial charge in [0.15, 0.2) is 5.84 Å². The van der Waals surface area contributed by atoms with Crippen LogP contribution in [0.4, 0.5) is 0 Å². The van der Waals surface area contributed by atoms with E-state index in [1.54, 1.807) is 13.0 Å². The van der Waals surface area contributed by atoms with Gasteiger partial charge in [0, 0.05) is 11.8 Å². The van der Waals surface area contributed by atoms with Gasteiger partial charge in [-0.15, -0.1) is 0 Å². The van der Waals surface area contributed by atoms with Gasteiger partial charge >= 0.3 is 0 Å². The second-order valence-electron chi connectivity index (χ2n) is 5.01. The van der Waals surface area contributed by atoms with Crippen LogP contribution in [-0.2, 0) is 0 Å². The summed E-state index contributed by atoms with van der Waals surface area (Å²) in [6.45, 7) is 7.69. The molecule has 1 aromatic carbocycles. The number of nitrogens with two attached hydrogens (primary N) is 1. The Morgan fingerprint density at radius 3 is 2.57 bits per heavy atom. The second kappa shape index (κ2) is 5.83. The van der Waals surface area contributed by atoms with Crippen molar-refractivity contribution in [2.24, 2.45) is 10.9 Å². The quantitative estimate of drug-likeness (QED) is 0.393. The molecule has 0 atom stereocenters. The van der Waals surface area contributed by atoms with E-state index in [9.17, 15) is 0 Å². The highest BCUT2D eigenvalue weighted by Gasteiger charge is 2.16. The van der Waals surface area contributed by atoms with Crippen LogP contribution in [-0.4, -0.2) is 16.0 Å². The maximum absolute atomic E-state index is 8.95. The molecule has 0 saturated carbocycles. The van der Waals surface area contributed by atoms with Crippen molar-refractivity contribution in [2.75, 3.05) is 0 Å². The average molecular weight is 285 g/mol. The maximum Gasteiger partial charge on any atom is 0.175 e. The number of aryl methyl sites for hydroxylation is 3. The summed E-state index contributed by atoms with van der Waals surface area (Å²) in [5.41, 5.74) is 9.91. The number of ether oxygens (including phenoxy) is 1. The third kappa shape index (κ3) is 2.97. The van der Waals surface area contributed by atoms with Crippen LogP contribution >= 0.6 is 0 Å². The molecular formula is C16H19N3O2. The molecule has 5 nitrogen and oxygen atoms in total. The highest BCUT2D eigenvalue weighted by Crippen LogP contribution is 2.30. The Morgan fingerprint density at radius 1 is 1.19 bits per heavy atom. The first-order valence-electron chi connectivity index (χ1n) is 6.64. The van der Waals surface area contributed by atoms with Crippen molar-refractivity contribution in [3.05, 3.63) is 52.3 Å². The lowest BCUT2D eigenvalue weighted by atomic mass is 10.1. The molecule has 2 rings (SSSR count). The molecule has 0 radical (unpaired) electrons. The zero-order valence-electron chi connectivity index (χ0n) is 12.6. The summed E-state index contributed by atoms with van der Waals surface area (Å²) < 4.78 is 5.99. The first-order chi connectivity index (χ1) is 9.93. The van der Waals surface area contributed by atoms with Crippen molar-refractivity contribution in [2.45, 2.75) is 27.7 Å². The Balaban J connectivity index is 2.56. The van der Waals surface area contributed by atoms with Crippen molar-refractivity contribution < 1.29 is 9.94 Å². The molecule has 0 spiro atoms. The first kappa shape index (κ1) is 14.8. The number of benzene rings is 1. The lowest BCUT2D eigenvalue weighted by Gasteiger charge is -2.15. The van der Waals surface area contributed by atoms with Crippen molar-refractivity contribution in [1.82, 2.24) is 4.98 Å². The molecule has 0 unspecified atom stereocenters. The lowest BCUT2D eigenvalue weighted by Crippen LogP contribution is -2.17. The number of rotatable bonds is 3. The van der Waals surface area contributed by atoms with Gasteiger partial charge in [-0.2, -0.15) is 0 Å². The minimum absolute atomic E-state index is 0.0136. The van der Waals surface area contributed by atoms with Gasteiger partial charge in [0.1, 0.15) is 11.5 Å². The van der Waals surface area contributed by atoms with Gasteiger partial charge < -0.3 is 15.7 Å². The van der Waals surface area contributed by atoms with Crippen LogP contribution in [0.5, 0.6) is 11.5 Å². The largest absolute Gasteiger partial charge is 0.456 e. The van der Waals surface area contributed by atoms with Gasteiger partial charge in [-0.3, -0.25) is 4.98 Å². The van der Waals surface area contributed by atoms with E-state index < -0.39 is 0 Å². The van der Waals surface area contributed by atoms with E-state index in [0.29, 0.717) is 17.0 Å². The number of aromatic nitrogens is 1. The maximum atomic E-state index is 8.95. The third-order valence-electron chi connectivity index (χ3n) is 3.43. The predicted octanol–water partition coefficient (Wildman–Crippen LogP) is 3.20. The molecule has 0 bridgehead atoms. The Kier molecular flexibility index (Phi) is 4.12. The smallest absolute Gasteiger partial charge is 0.175 e. The van der Waals surface area contributed by atoms with Crippen LogP contribution in [0.15, 0.2) is 29.4 Å². The predicted molar refractivity (Wildman–Crippen MR) is 82.2 cm³/mol. The van der Waals surface area contributed by atoms with Gasteiger partial charge in [-0.1, -0.05) is 17.3 Å². The van der Waals surface area contributed by atoms with E-state index in [1.807, 2.05) is 39.0 Å². The normalized spacial score (nSPS) is 11.5. The van der Waals surface area contributed by atoms with E-state index >= 15 is 0 Å². The lowest BCUT2D eigenvalue weighted by molar-refractivity contribution is 0.318. The molecule has 0 amide bonds. The number of oxime groups is 1. The molecule has 0 aliphatic carbocycles. The molecule has 0 fully saturated rings. The standard InChI is InChI=1S/C16H19N3O2/c1-9-6-5-7-13(11(9)3)21-14-8-10(2)18-12(4)15(14)16(17)19-20/h5-8,20H,1-4H3,(H2,17,19). The average Bonchev–Trinajstić information content (AvgIpc) is 2.42. The van der Waals surface area contributed by atoms with E-state index in [2.05, 4.69) is 10.1 Å². The molecule has 0 saturated heterocycles. The van der Waals surface area contributed by atoms with E-state index in [4.69, 9.17) is 15.7 Å². The van der Waals surface area contributed by atoms with Crippen molar-refractivity contribution in [3.8, 4) is 11.5 Å². The summed E-state index contributed by atoms with van der Waals surface area (Å²) in [4.78, 5) is 4.33. The molecule has 3 N–H and O–H groups in total. The number of amidine groups is 1. The summed E-state index contributed by atoms with van der Waals surface area (Å²) in [6.07, 6.45) is 0. The summed E-state index contributed by atoms with van der Waals surface area (Å²) in [6, 6.07) is 7.63. The fourth-order valence-corrected chi connectivity index (χ4v) is 2.19. The zero-order valence-corrected chi connectivity index (χ0v) is 12.6. The minimum Gasteiger partial charge on any atom is -0.456 e. The SMILES string of the molecule is Cc1cc(Oc2cccc(C)c2C)c(/C(N)=N/O)c(C)n1. The van der Waals surface area contributed by atoms with E-state index in [1.165, 1.54) is 0 Å². The van der Waals surface area contributed by atoms with Crippen molar-refractivity contribution in [1.29, 1.82) is 0 Å². The fraction of sp³-hybridized carbons (Fsp3) is 0.250. The Morgan fingerprint density at radius 2 is 1.90 bits per heavy atom. The molecule has 1 aromatic heterocycles. The second-order valence-corrected chi connectivity index (χ2v) is 5.01. The highest BCUT2D eigenvalue weighted by atomic mass is 16.5. The van der Waals surface area contributed by atoms with Crippen LogP contribution in [0.3, 0.4) is 0 Å². The van der Waals surface area contributed by atoms with Gasteiger partial charge in [0.25, 0.3) is 0 Å². The van der Waals surface area contributed by atoms with Crippen molar-refractivity contribution in [3.63, 3.8) is 0 Å². The van der Waals surface area contributed by atoms with Crippen LogP contribution in [0, 0.1) is 27.7 Å². The third-order valence-corrected chi connectivity index (χ3v) is 3.43. The van der Waals surface area contributed by atoms with Gasteiger partial charge in [-0.05, 0) is 44.9 Å².